The summed E-state index contributed by atoms with van der Waals surface area (Å²) < 4.78 is 15.5. The molecule has 0 radical (unpaired) electrons. The normalized spacial score (nSPS) is 12.6. The first-order valence-corrected chi connectivity index (χ1v) is 5.88. The predicted molar refractivity (Wildman–Crippen MR) is 75.6 cm³/mol. The fourth-order valence-electron chi connectivity index (χ4n) is 1.89. The minimum atomic E-state index is -0.895. The summed E-state index contributed by atoms with van der Waals surface area (Å²) in [5.74, 6) is 0.904. The van der Waals surface area contributed by atoms with Gasteiger partial charge in [-0.05, 0) is 18.1 Å². The zero-order chi connectivity index (χ0) is 13.0. The van der Waals surface area contributed by atoms with E-state index in [0.717, 1.165) is 11.0 Å². The molecule has 5 nitrogen and oxygen atoms in total. The zero-order valence-electron chi connectivity index (χ0n) is 10.7. The van der Waals surface area contributed by atoms with Crippen LogP contribution in [0.1, 0.15) is 18.4 Å². The number of halogens is 1. The maximum Gasteiger partial charge on any atom is 0.495 e. The van der Waals surface area contributed by atoms with Gasteiger partial charge < -0.3 is 19.2 Å². The van der Waals surface area contributed by atoms with E-state index in [2.05, 4.69) is 0 Å². The van der Waals surface area contributed by atoms with Gasteiger partial charge in [0.15, 0.2) is 5.90 Å². The van der Waals surface area contributed by atoms with Crippen LogP contribution in [-0.2, 0) is 16.0 Å². The Labute approximate surface area is 118 Å². The number of hydrogen-bond donors (Lipinski definition) is 2. The number of rotatable bonds is 5. The largest absolute Gasteiger partial charge is 0.495 e. The third-order valence-corrected chi connectivity index (χ3v) is 2.85. The van der Waals surface area contributed by atoms with Crippen LogP contribution in [0.5, 0.6) is 5.75 Å². The molecule has 2 rings (SSSR count). The molecular formula is C12H17BClNO4. The van der Waals surface area contributed by atoms with Crippen LogP contribution in [0.4, 0.5) is 0 Å². The molecule has 0 aromatic heterocycles. The number of nitrogens with one attached hydrogen (secondary N) is 1. The van der Waals surface area contributed by atoms with Crippen LogP contribution >= 0.6 is 12.4 Å². The van der Waals surface area contributed by atoms with Crippen molar-refractivity contribution < 1.29 is 19.2 Å². The SMILES string of the molecule is COC(=N)CCCOc1cccc2c1B(O)OC2.Cl. The van der Waals surface area contributed by atoms with Gasteiger partial charge >= 0.3 is 7.12 Å². The van der Waals surface area contributed by atoms with Crippen molar-refractivity contribution in [2.24, 2.45) is 0 Å². The van der Waals surface area contributed by atoms with Crippen LogP contribution in [0.25, 0.3) is 0 Å². The molecule has 0 spiro atoms. The minimum absolute atomic E-state index is 0. The van der Waals surface area contributed by atoms with Gasteiger partial charge in [0.1, 0.15) is 5.75 Å². The van der Waals surface area contributed by atoms with Gasteiger partial charge in [0, 0.05) is 11.9 Å². The van der Waals surface area contributed by atoms with E-state index in [4.69, 9.17) is 19.5 Å². The van der Waals surface area contributed by atoms with Crippen molar-refractivity contribution in [2.45, 2.75) is 19.4 Å². The van der Waals surface area contributed by atoms with E-state index < -0.39 is 7.12 Å². The van der Waals surface area contributed by atoms with Crippen molar-refractivity contribution in [3.05, 3.63) is 23.8 Å². The Morgan fingerprint density at radius 1 is 1.53 bits per heavy atom. The lowest BCUT2D eigenvalue weighted by Crippen LogP contribution is -2.30. The van der Waals surface area contributed by atoms with E-state index in [-0.39, 0.29) is 18.3 Å². The number of fused-ring (bicyclic) bond motifs is 1. The van der Waals surface area contributed by atoms with E-state index in [9.17, 15) is 5.02 Å². The molecule has 1 aromatic rings. The lowest BCUT2D eigenvalue weighted by Gasteiger charge is -2.10. The predicted octanol–water partition coefficient (Wildman–Crippen LogP) is 1.11. The van der Waals surface area contributed by atoms with Crippen LogP contribution in [0.15, 0.2) is 18.2 Å². The van der Waals surface area contributed by atoms with Crippen molar-refractivity contribution in [1.29, 1.82) is 5.41 Å². The molecule has 0 fully saturated rings. The quantitative estimate of drug-likeness (QED) is 0.368. The van der Waals surface area contributed by atoms with Gasteiger partial charge in [-0.1, -0.05) is 12.1 Å². The molecule has 0 aliphatic carbocycles. The van der Waals surface area contributed by atoms with Crippen LogP contribution in [0, 0.1) is 5.41 Å². The molecule has 0 saturated heterocycles. The summed E-state index contributed by atoms with van der Waals surface area (Å²) in [6, 6.07) is 5.62. The van der Waals surface area contributed by atoms with Gasteiger partial charge in [0.05, 0.1) is 20.3 Å². The fraction of sp³-hybridized carbons (Fsp3) is 0.417. The van der Waals surface area contributed by atoms with Gasteiger partial charge in [-0.25, -0.2) is 0 Å². The van der Waals surface area contributed by atoms with Crippen LogP contribution in [-0.4, -0.2) is 31.8 Å². The van der Waals surface area contributed by atoms with Crippen molar-refractivity contribution in [2.75, 3.05) is 13.7 Å². The van der Waals surface area contributed by atoms with Crippen molar-refractivity contribution in [3.8, 4) is 5.75 Å². The summed E-state index contributed by atoms with van der Waals surface area (Å²) in [6.45, 7) is 0.900. The summed E-state index contributed by atoms with van der Waals surface area (Å²) in [7, 11) is 0.592. The number of hydrogen-bond acceptors (Lipinski definition) is 5. The lowest BCUT2D eigenvalue weighted by molar-refractivity contribution is 0.274. The van der Waals surface area contributed by atoms with Crippen LogP contribution in [0.3, 0.4) is 0 Å². The molecule has 0 bridgehead atoms. The first-order chi connectivity index (χ1) is 8.72. The molecule has 1 aromatic carbocycles. The monoisotopic (exact) mass is 285 g/mol. The molecule has 1 heterocycles. The van der Waals surface area contributed by atoms with E-state index in [0.29, 0.717) is 31.8 Å². The summed E-state index contributed by atoms with van der Waals surface area (Å²) in [5.41, 5.74) is 1.68. The van der Waals surface area contributed by atoms with Gasteiger partial charge in [0.25, 0.3) is 0 Å². The second-order valence-corrected chi connectivity index (χ2v) is 4.07. The molecule has 0 amide bonds. The Morgan fingerprint density at radius 3 is 3.05 bits per heavy atom. The highest BCUT2D eigenvalue weighted by molar-refractivity contribution is 6.62. The average Bonchev–Trinajstić information content (AvgIpc) is 2.77. The fourth-order valence-corrected chi connectivity index (χ4v) is 1.89. The third-order valence-electron chi connectivity index (χ3n) is 2.85. The van der Waals surface area contributed by atoms with E-state index >= 15 is 0 Å². The maximum absolute atomic E-state index is 9.69. The first kappa shape index (κ1) is 15.8. The second kappa shape index (κ2) is 7.38. The number of methoxy groups -OCH3 is 1. The molecule has 7 heteroatoms. The van der Waals surface area contributed by atoms with Gasteiger partial charge in [-0.3, -0.25) is 5.41 Å². The van der Waals surface area contributed by atoms with Gasteiger partial charge in [-0.2, -0.15) is 0 Å². The second-order valence-electron chi connectivity index (χ2n) is 4.07. The molecule has 0 unspecified atom stereocenters. The Morgan fingerprint density at radius 2 is 2.32 bits per heavy atom. The summed E-state index contributed by atoms with van der Waals surface area (Å²) in [6.07, 6.45) is 1.25. The topological polar surface area (TPSA) is 71.8 Å². The van der Waals surface area contributed by atoms with Gasteiger partial charge in [-0.15, -0.1) is 12.4 Å². The summed E-state index contributed by atoms with van der Waals surface area (Å²) in [5, 5.41) is 17.0. The summed E-state index contributed by atoms with van der Waals surface area (Å²) >= 11 is 0. The Hall–Kier alpha value is -1.24. The highest BCUT2D eigenvalue weighted by Gasteiger charge is 2.30. The van der Waals surface area contributed by atoms with Crippen molar-refractivity contribution in [1.82, 2.24) is 0 Å². The zero-order valence-corrected chi connectivity index (χ0v) is 11.5. The van der Waals surface area contributed by atoms with E-state index in [1.165, 1.54) is 7.11 Å². The van der Waals surface area contributed by atoms with Crippen LogP contribution < -0.4 is 10.2 Å². The van der Waals surface area contributed by atoms with Crippen molar-refractivity contribution in [3.63, 3.8) is 0 Å². The Kier molecular flexibility index (Phi) is 6.14. The Bertz CT molecular complexity index is 444. The molecule has 0 atom stereocenters. The van der Waals surface area contributed by atoms with E-state index in [1.807, 2.05) is 18.2 Å². The maximum atomic E-state index is 9.69. The number of ether oxygens (including phenoxy) is 2. The highest BCUT2D eigenvalue weighted by atomic mass is 35.5. The standard InChI is InChI=1S/C12H16BNO4.ClH/c1-16-11(14)6-3-7-17-10-5-2-4-9-8-18-13(15)12(9)10;/h2,4-5,14-15H,3,6-8H2,1H3;1H. The van der Waals surface area contributed by atoms with Crippen LogP contribution in [0.2, 0.25) is 0 Å². The molecule has 104 valence electrons. The number of benzene rings is 1. The smallest absolute Gasteiger partial charge is 0.494 e. The van der Waals surface area contributed by atoms with Gasteiger partial charge in [0.2, 0.25) is 0 Å². The first-order valence-electron chi connectivity index (χ1n) is 5.88. The average molecular weight is 286 g/mol. The lowest BCUT2D eigenvalue weighted by atomic mass is 9.79. The highest BCUT2D eigenvalue weighted by Crippen LogP contribution is 2.18. The Balaban J connectivity index is 0.00000180. The third kappa shape index (κ3) is 3.86. The molecule has 1 aliphatic rings. The van der Waals surface area contributed by atoms with E-state index in [1.54, 1.807) is 0 Å². The molecule has 19 heavy (non-hydrogen) atoms. The molecule has 1 aliphatic heterocycles. The minimum Gasteiger partial charge on any atom is -0.494 e. The summed E-state index contributed by atoms with van der Waals surface area (Å²) in [4.78, 5) is 0. The molecule has 0 saturated carbocycles. The molecular weight excluding hydrogens is 268 g/mol. The van der Waals surface area contributed by atoms with Crippen molar-refractivity contribution >= 4 is 30.9 Å². The molecule has 2 N–H and O–H groups in total.